The molecule has 0 fully saturated rings. The van der Waals surface area contributed by atoms with Crippen LogP contribution in [0.4, 0.5) is 0 Å². The third kappa shape index (κ3) is 5.73. The van der Waals surface area contributed by atoms with Crippen molar-refractivity contribution in [2.24, 2.45) is 0 Å². The number of carboxylic acid groups (broad SMARTS) is 1. The first-order chi connectivity index (χ1) is 9.52. The van der Waals surface area contributed by atoms with Crippen molar-refractivity contribution in [3.8, 4) is 5.75 Å². The van der Waals surface area contributed by atoms with Crippen molar-refractivity contribution >= 4 is 11.9 Å². The summed E-state index contributed by atoms with van der Waals surface area (Å²) < 4.78 is 5.05. The SMILES string of the molecule is CCCCC(=O)NC(C)c1ccc(OCC(=O)O)cc1. The summed E-state index contributed by atoms with van der Waals surface area (Å²) in [7, 11) is 0. The molecule has 2 N–H and O–H groups in total. The Labute approximate surface area is 118 Å². The molecule has 0 saturated carbocycles. The van der Waals surface area contributed by atoms with E-state index in [1.165, 1.54) is 0 Å². The zero-order valence-electron chi connectivity index (χ0n) is 11.9. The molecular weight excluding hydrogens is 258 g/mol. The number of carbonyl (C=O) groups is 2. The number of hydrogen-bond donors (Lipinski definition) is 2. The predicted octanol–water partition coefficient (Wildman–Crippen LogP) is 2.52. The van der Waals surface area contributed by atoms with Gasteiger partial charge >= 0.3 is 5.97 Å². The van der Waals surface area contributed by atoms with E-state index in [-0.39, 0.29) is 18.6 Å². The summed E-state index contributed by atoms with van der Waals surface area (Å²) in [6.45, 7) is 3.60. The van der Waals surface area contributed by atoms with Gasteiger partial charge in [0, 0.05) is 6.42 Å². The Hall–Kier alpha value is -2.04. The fraction of sp³-hybridized carbons (Fsp3) is 0.467. The normalized spacial score (nSPS) is 11.7. The summed E-state index contributed by atoms with van der Waals surface area (Å²) in [6.07, 6.45) is 2.43. The van der Waals surface area contributed by atoms with E-state index in [1.807, 2.05) is 26.0 Å². The van der Waals surface area contributed by atoms with Crippen molar-refractivity contribution in [3.05, 3.63) is 29.8 Å². The lowest BCUT2D eigenvalue weighted by atomic mass is 10.1. The van der Waals surface area contributed by atoms with Gasteiger partial charge in [-0.15, -0.1) is 0 Å². The van der Waals surface area contributed by atoms with Crippen LogP contribution in [0.2, 0.25) is 0 Å². The number of carbonyl (C=O) groups excluding carboxylic acids is 1. The van der Waals surface area contributed by atoms with Gasteiger partial charge in [0.15, 0.2) is 6.61 Å². The zero-order chi connectivity index (χ0) is 15.0. The second-order valence-corrected chi connectivity index (χ2v) is 4.64. The first kappa shape index (κ1) is 16.0. The van der Waals surface area contributed by atoms with Crippen LogP contribution in [0.15, 0.2) is 24.3 Å². The van der Waals surface area contributed by atoms with E-state index >= 15 is 0 Å². The third-order valence-electron chi connectivity index (χ3n) is 2.88. The van der Waals surface area contributed by atoms with E-state index < -0.39 is 5.97 Å². The van der Waals surface area contributed by atoms with E-state index in [2.05, 4.69) is 5.32 Å². The van der Waals surface area contributed by atoms with E-state index in [0.717, 1.165) is 18.4 Å². The highest BCUT2D eigenvalue weighted by atomic mass is 16.5. The quantitative estimate of drug-likeness (QED) is 0.766. The Morgan fingerprint density at radius 2 is 1.95 bits per heavy atom. The van der Waals surface area contributed by atoms with Gasteiger partial charge in [-0.05, 0) is 31.0 Å². The summed E-state index contributed by atoms with van der Waals surface area (Å²) in [4.78, 5) is 22.0. The molecule has 1 aromatic carbocycles. The second kappa shape index (κ2) is 8.19. The Morgan fingerprint density at radius 1 is 1.30 bits per heavy atom. The molecular formula is C15H21NO4. The molecule has 0 aliphatic rings. The number of aliphatic carboxylic acids is 1. The minimum absolute atomic E-state index is 0.0468. The van der Waals surface area contributed by atoms with Gasteiger partial charge in [-0.1, -0.05) is 25.5 Å². The molecule has 20 heavy (non-hydrogen) atoms. The number of benzene rings is 1. The minimum atomic E-state index is -1.01. The van der Waals surface area contributed by atoms with Crippen LogP contribution in [-0.2, 0) is 9.59 Å². The molecule has 110 valence electrons. The molecule has 0 heterocycles. The summed E-state index contributed by atoms with van der Waals surface area (Å²) >= 11 is 0. The van der Waals surface area contributed by atoms with Gasteiger partial charge in [0.2, 0.25) is 5.91 Å². The van der Waals surface area contributed by atoms with Gasteiger partial charge in [0.05, 0.1) is 6.04 Å². The number of hydrogen-bond acceptors (Lipinski definition) is 3. The molecule has 0 aliphatic heterocycles. The number of nitrogens with one attached hydrogen (secondary N) is 1. The molecule has 1 aromatic rings. The van der Waals surface area contributed by atoms with E-state index in [4.69, 9.17) is 9.84 Å². The van der Waals surface area contributed by atoms with Crippen LogP contribution >= 0.6 is 0 Å². The maximum atomic E-state index is 11.6. The largest absolute Gasteiger partial charge is 0.482 e. The van der Waals surface area contributed by atoms with Crippen LogP contribution < -0.4 is 10.1 Å². The Balaban J connectivity index is 2.50. The van der Waals surface area contributed by atoms with Crippen LogP contribution in [0.1, 0.15) is 44.7 Å². The smallest absolute Gasteiger partial charge is 0.341 e. The van der Waals surface area contributed by atoms with Crippen LogP contribution in [-0.4, -0.2) is 23.6 Å². The van der Waals surface area contributed by atoms with Crippen LogP contribution in [0, 0.1) is 0 Å². The number of ether oxygens (including phenoxy) is 1. The Kier molecular flexibility index (Phi) is 6.56. The van der Waals surface area contributed by atoms with Crippen molar-refractivity contribution in [2.45, 2.75) is 39.2 Å². The van der Waals surface area contributed by atoms with E-state index in [0.29, 0.717) is 12.2 Å². The van der Waals surface area contributed by atoms with Gasteiger partial charge < -0.3 is 15.2 Å². The molecule has 0 bridgehead atoms. The lowest BCUT2D eigenvalue weighted by molar-refractivity contribution is -0.139. The van der Waals surface area contributed by atoms with Crippen molar-refractivity contribution < 1.29 is 19.4 Å². The molecule has 0 aliphatic carbocycles. The van der Waals surface area contributed by atoms with Gasteiger partial charge in [-0.2, -0.15) is 0 Å². The van der Waals surface area contributed by atoms with Gasteiger partial charge in [-0.25, -0.2) is 4.79 Å². The Bertz CT molecular complexity index is 442. The highest BCUT2D eigenvalue weighted by molar-refractivity contribution is 5.76. The van der Waals surface area contributed by atoms with Gasteiger partial charge in [0.1, 0.15) is 5.75 Å². The van der Waals surface area contributed by atoms with Crippen LogP contribution in [0.25, 0.3) is 0 Å². The number of carboxylic acids is 1. The molecule has 1 amide bonds. The molecule has 0 saturated heterocycles. The lowest BCUT2D eigenvalue weighted by Crippen LogP contribution is -2.26. The van der Waals surface area contributed by atoms with E-state index in [1.54, 1.807) is 12.1 Å². The zero-order valence-corrected chi connectivity index (χ0v) is 11.9. The molecule has 0 spiro atoms. The summed E-state index contributed by atoms with van der Waals surface area (Å²) in [5.41, 5.74) is 0.956. The maximum absolute atomic E-state index is 11.6. The first-order valence-corrected chi connectivity index (χ1v) is 6.76. The summed E-state index contributed by atoms with van der Waals surface area (Å²) in [5.74, 6) is -0.461. The maximum Gasteiger partial charge on any atom is 0.341 e. The monoisotopic (exact) mass is 279 g/mol. The van der Waals surface area contributed by atoms with Crippen LogP contribution in [0.5, 0.6) is 5.75 Å². The minimum Gasteiger partial charge on any atom is -0.482 e. The molecule has 5 nitrogen and oxygen atoms in total. The van der Waals surface area contributed by atoms with Gasteiger partial charge in [0.25, 0.3) is 0 Å². The number of rotatable bonds is 8. The van der Waals surface area contributed by atoms with Crippen molar-refractivity contribution in [1.29, 1.82) is 0 Å². The fourth-order valence-corrected chi connectivity index (χ4v) is 1.73. The first-order valence-electron chi connectivity index (χ1n) is 6.76. The highest BCUT2D eigenvalue weighted by Gasteiger charge is 2.09. The van der Waals surface area contributed by atoms with Crippen LogP contribution in [0.3, 0.4) is 0 Å². The number of unbranched alkanes of at least 4 members (excludes halogenated alkanes) is 1. The topological polar surface area (TPSA) is 75.6 Å². The molecule has 1 atom stereocenters. The lowest BCUT2D eigenvalue weighted by Gasteiger charge is -2.14. The average Bonchev–Trinajstić information content (AvgIpc) is 2.43. The molecule has 0 radical (unpaired) electrons. The molecule has 0 aromatic heterocycles. The highest BCUT2D eigenvalue weighted by Crippen LogP contribution is 2.17. The van der Waals surface area contributed by atoms with E-state index in [9.17, 15) is 9.59 Å². The summed E-state index contributed by atoms with van der Waals surface area (Å²) in [6, 6.07) is 6.97. The molecule has 1 rings (SSSR count). The standard InChI is InChI=1S/C15H21NO4/c1-3-4-5-14(17)16-11(2)12-6-8-13(9-7-12)20-10-15(18)19/h6-9,11H,3-5,10H2,1-2H3,(H,16,17)(H,18,19). The molecule has 5 heteroatoms. The fourth-order valence-electron chi connectivity index (χ4n) is 1.73. The third-order valence-corrected chi connectivity index (χ3v) is 2.88. The molecule has 1 unspecified atom stereocenters. The van der Waals surface area contributed by atoms with Gasteiger partial charge in [-0.3, -0.25) is 4.79 Å². The van der Waals surface area contributed by atoms with Crippen molar-refractivity contribution in [1.82, 2.24) is 5.32 Å². The predicted molar refractivity (Wildman–Crippen MR) is 75.7 cm³/mol. The number of amides is 1. The second-order valence-electron chi connectivity index (χ2n) is 4.64. The average molecular weight is 279 g/mol. The van der Waals surface area contributed by atoms with Crippen molar-refractivity contribution in [3.63, 3.8) is 0 Å². The van der Waals surface area contributed by atoms with Crippen molar-refractivity contribution in [2.75, 3.05) is 6.61 Å². The Morgan fingerprint density at radius 3 is 2.50 bits per heavy atom. The summed E-state index contributed by atoms with van der Waals surface area (Å²) in [5, 5.41) is 11.4.